The lowest BCUT2D eigenvalue weighted by atomic mass is 9.81. The van der Waals surface area contributed by atoms with E-state index in [2.05, 4.69) is 280 Å². The molecule has 11 aromatic carbocycles. The molecule has 0 aliphatic heterocycles. The normalized spacial score (nSPS) is 12.4. The lowest BCUT2D eigenvalue weighted by Crippen LogP contribution is -2.14. The molecule has 1 nitrogen and oxygen atoms in total. The van der Waals surface area contributed by atoms with E-state index in [4.69, 9.17) is 0 Å². The van der Waals surface area contributed by atoms with Crippen LogP contribution in [0.5, 0.6) is 0 Å². The fraction of sp³-hybridized carbons (Fsp3) is 0.0448. The summed E-state index contributed by atoms with van der Waals surface area (Å²) in [6.07, 6.45) is 0. The van der Waals surface area contributed by atoms with Gasteiger partial charge in [0, 0.05) is 22.4 Å². The maximum atomic E-state index is 2.41. The van der Waals surface area contributed by atoms with E-state index in [-0.39, 0.29) is 5.41 Å². The van der Waals surface area contributed by atoms with E-state index in [9.17, 15) is 0 Å². The Morgan fingerprint density at radius 1 is 0.250 bits per heavy atom. The standard InChI is InChI=1S/C67H49N/c1-67(2)64-21-10-8-20-62(64)63-42-37-58(45-65(63)67)52-35-40-60(41-36-52)68(66-22-11-9-19-61(66)53-30-27-48(28-31-53)46-13-4-3-5-14-46)59-38-33-50(34-39-59)49-23-25-51(26-24-49)55-17-12-18-56(43-55)57-32-29-47-15-6-7-16-54(47)44-57/h3-45H,1-2H3. The van der Waals surface area contributed by atoms with Crippen molar-refractivity contribution in [1.29, 1.82) is 0 Å². The third-order valence-electron chi connectivity index (χ3n) is 14.1. The Balaban J connectivity index is 0.875. The summed E-state index contributed by atoms with van der Waals surface area (Å²) in [6, 6.07) is 95.5. The van der Waals surface area contributed by atoms with Gasteiger partial charge in [0.05, 0.1) is 5.69 Å². The molecule has 1 heteroatoms. The van der Waals surface area contributed by atoms with E-state index < -0.39 is 0 Å². The first-order valence-electron chi connectivity index (χ1n) is 23.6. The molecule has 322 valence electrons. The van der Waals surface area contributed by atoms with Crippen LogP contribution in [0.2, 0.25) is 0 Å². The van der Waals surface area contributed by atoms with Crippen molar-refractivity contribution in [2.75, 3.05) is 4.90 Å². The van der Waals surface area contributed by atoms with Crippen molar-refractivity contribution in [3.63, 3.8) is 0 Å². The van der Waals surface area contributed by atoms with E-state index in [0.717, 1.165) is 17.1 Å². The minimum atomic E-state index is -0.0548. The molecule has 0 saturated carbocycles. The topological polar surface area (TPSA) is 3.24 Å². The summed E-state index contributed by atoms with van der Waals surface area (Å²) < 4.78 is 0. The number of anilines is 3. The Labute approximate surface area is 399 Å². The van der Waals surface area contributed by atoms with Gasteiger partial charge >= 0.3 is 0 Å². The lowest BCUT2D eigenvalue weighted by molar-refractivity contribution is 0.660. The average Bonchev–Trinajstić information content (AvgIpc) is 3.64. The predicted molar refractivity (Wildman–Crippen MR) is 289 cm³/mol. The zero-order chi connectivity index (χ0) is 45.6. The van der Waals surface area contributed by atoms with Gasteiger partial charge in [0.15, 0.2) is 0 Å². The molecule has 68 heavy (non-hydrogen) atoms. The van der Waals surface area contributed by atoms with Gasteiger partial charge in [-0.3, -0.25) is 0 Å². The summed E-state index contributed by atoms with van der Waals surface area (Å²) in [5.41, 5.74) is 23.1. The number of rotatable bonds is 9. The van der Waals surface area contributed by atoms with Crippen LogP contribution in [0.3, 0.4) is 0 Å². The number of fused-ring (bicyclic) bond motifs is 4. The van der Waals surface area contributed by atoms with Crippen LogP contribution in [0.1, 0.15) is 25.0 Å². The molecule has 12 rings (SSSR count). The molecule has 0 radical (unpaired) electrons. The molecule has 1 aliphatic carbocycles. The highest BCUT2D eigenvalue weighted by molar-refractivity contribution is 5.91. The van der Waals surface area contributed by atoms with Crippen LogP contribution < -0.4 is 4.90 Å². The fourth-order valence-electron chi connectivity index (χ4n) is 10.4. The summed E-state index contributed by atoms with van der Waals surface area (Å²) in [6.45, 7) is 4.70. The molecule has 0 aromatic heterocycles. The van der Waals surface area contributed by atoms with Gasteiger partial charge in [-0.05, 0) is 143 Å². The van der Waals surface area contributed by atoms with Crippen LogP contribution in [-0.4, -0.2) is 0 Å². The van der Waals surface area contributed by atoms with E-state index in [1.807, 2.05) is 0 Å². The molecule has 0 bridgehead atoms. The van der Waals surface area contributed by atoms with E-state index in [1.165, 1.54) is 99.8 Å². The SMILES string of the molecule is CC1(C)c2ccccc2-c2ccc(-c3ccc(N(c4ccc(-c5ccc(-c6cccc(-c7ccc8ccccc8c7)c6)cc5)cc4)c4ccccc4-c4ccc(-c5ccccc5)cc4)cc3)cc21. The third-order valence-corrected chi connectivity index (χ3v) is 14.1. The van der Waals surface area contributed by atoms with Crippen molar-refractivity contribution in [2.24, 2.45) is 0 Å². The van der Waals surface area contributed by atoms with Crippen molar-refractivity contribution in [1.82, 2.24) is 0 Å². The minimum Gasteiger partial charge on any atom is -0.310 e. The van der Waals surface area contributed by atoms with Crippen molar-refractivity contribution in [3.8, 4) is 77.9 Å². The number of hydrogen-bond donors (Lipinski definition) is 0. The van der Waals surface area contributed by atoms with Gasteiger partial charge in [0.25, 0.3) is 0 Å². The molecule has 0 N–H and O–H groups in total. The van der Waals surface area contributed by atoms with Gasteiger partial charge < -0.3 is 4.90 Å². The molecule has 0 spiro atoms. The second kappa shape index (κ2) is 17.0. The zero-order valence-electron chi connectivity index (χ0n) is 38.3. The predicted octanol–water partition coefficient (Wildman–Crippen LogP) is 18.6. The van der Waals surface area contributed by atoms with Crippen LogP contribution in [0, 0.1) is 0 Å². The van der Waals surface area contributed by atoms with Crippen LogP contribution in [0.15, 0.2) is 261 Å². The molecule has 11 aromatic rings. The number of benzene rings is 11. The smallest absolute Gasteiger partial charge is 0.0540 e. The Bertz CT molecular complexity index is 3600. The molecule has 0 unspecified atom stereocenters. The van der Waals surface area contributed by atoms with Gasteiger partial charge in [-0.2, -0.15) is 0 Å². The molecular formula is C67H49N. The highest BCUT2D eigenvalue weighted by Gasteiger charge is 2.35. The highest BCUT2D eigenvalue weighted by Crippen LogP contribution is 2.50. The molecule has 0 fully saturated rings. The van der Waals surface area contributed by atoms with Gasteiger partial charge in [-0.1, -0.05) is 226 Å². The summed E-state index contributed by atoms with van der Waals surface area (Å²) in [5.74, 6) is 0. The minimum absolute atomic E-state index is 0.0548. The average molecular weight is 868 g/mol. The summed E-state index contributed by atoms with van der Waals surface area (Å²) in [7, 11) is 0. The van der Waals surface area contributed by atoms with Crippen molar-refractivity contribution < 1.29 is 0 Å². The molecule has 1 aliphatic rings. The molecular weight excluding hydrogens is 819 g/mol. The first-order chi connectivity index (χ1) is 33.4. The van der Waals surface area contributed by atoms with Crippen molar-refractivity contribution >= 4 is 27.8 Å². The van der Waals surface area contributed by atoms with Gasteiger partial charge in [-0.25, -0.2) is 0 Å². The molecule has 0 atom stereocenters. The second-order valence-corrected chi connectivity index (χ2v) is 18.5. The van der Waals surface area contributed by atoms with Crippen LogP contribution in [-0.2, 0) is 5.41 Å². The highest BCUT2D eigenvalue weighted by atomic mass is 15.1. The van der Waals surface area contributed by atoms with Gasteiger partial charge in [0.1, 0.15) is 0 Å². The van der Waals surface area contributed by atoms with Crippen molar-refractivity contribution in [3.05, 3.63) is 272 Å². The molecule has 0 heterocycles. The third kappa shape index (κ3) is 7.49. The summed E-state index contributed by atoms with van der Waals surface area (Å²) >= 11 is 0. The maximum absolute atomic E-state index is 2.41. The number of para-hydroxylation sites is 1. The Kier molecular flexibility index (Phi) is 10.3. The Morgan fingerprint density at radius 3 is 1.32 bits per heavy atom. The first-order valence-corrected chi connectivity index (χ1v) is 23.6. The van der Waals surface area contributed by atoms with Crippen molar-refractivity contribution in [2.45, 2.75) is 19.3 Å². The van der Waals surface area contributed by atoms with E-state index >= 15 is 0 Å². The molecule has 0 amide bonds. The quantitative estimate of drug-likeness (QED) is 0.140. The largest absolute Gasteiger partial charge is 0.310 e. The summed E-state index contributed by atoms with van der Waals surface area (Å²) in [5, 5.41) is 2.52. The van der Waals surface area contributed by atoms with Crippen LogP contribution in [0.4, 0.5) is 17.1 Å². The zero-order valence-corrected chi connectivity index (χ0v) is 38.3. The fourth-order valence-corrected chi connectivity index (χ4v) is 10.4. The Morgan fingerprint density at radius 2 is 0.662 bits per heavy atom. The van der Waals surface area contributed by atoms with E-state index in [1.54, 1.807) is 0 Å². The van der Waals surface area contributed by atoms with E-state index in [0.29, 0.717) is 0 Å². The number of nitrogens with zero attached hydrogens (tertiary/aromatic N) is 1. The Hall–Kier alpha value is -8.52. The monoisotopic (exact) mass is 867 g/mol. The second-order valence-electron chi connectivity index (χ2n) is 18.5. The first kappa shape index (κ1) is 40.9. The number of hydrogen-bond acceptors (Lipinski definition) is 1. The van der Waals surface area contributed by atoms with Gasteiger partial charge in [0.2, 0.25) is 0 Å². The molecule has 0 saturated heterocycles. The maximum Gasteiger partial charge on any atom is 0.0540 e. The van der Waals surface area contributed by atoms with Gasteiger partial charge in [-0.15, -0.1) is 0 Å². The lowest BCUT2D eigenvalue weighted by Gasteiger charge is -2.28. The van der Waals surface area contributed by atoms with Crippen LogP contribution >= 0.6 is 0 Å². The van der Waals surface area contributed by atoms with Crippen LogP contribution in [0.25, 0.3) is 88.7 Å². The summed E-state index contributed by atoms with van der Waals surface area (Å²) in [4.78, 5) is 2.40.